The molecule has 1 aliphatic heterocycles. The molecule has 1 heterocycles. The van der Waals surface area contributed by atoms with E-state index in [-0.39, 0.29) is 5.97 Å². The molecule has 0 aromatic rings. The largest absolute Gasteiger partial charge is 0.464 e. The van der Waals surface area contributed by atoms with Crippen molar-refractivity contribution in [3.8, 4) is 0 Å². The number of carbonyl (C=O) groups is 1. The Morgan fingerprint density at radius 2 is 1.70 bits per heavy atom. The van der Waals surface area contributed by atoms with E-state index >= 15 is 0 Å². The first kappa shape index (κ1) is 17.4. The lowest BCUT2D eigenvalue weighted by atomic mass is 10.1. The molecule has 0 aromatic carbocycles. The van der Waals surface area contributed by atoms with Gasteiger partial charge in [-0.15, -0.1) is 0 Å². The van der Waals surface area contributed by atoms with Gasteiger partial charge < -0.3 is 9.47 Å². The maximum atomic E-state index is 11.6. The van der Waals surface area contributed by atoms with E-state index in [2.05, 4.69) is 11.8 Å². The summed E-state index contributed by atoms with van der Waals surface area (Å²) in [5, 5.41) is 0. The van der Waals surface area contributed by atoms with E-state index in [4.69, 9.17) is 9.47 Å². The molecule has 0 amide bonds. The molecule has 1 saturated heterocycles. The SMILES string of the molecule is CCCCCCCCCC(=O)OCCN1CCOCC1. The first-order valence-electron chi connectivity index (χ1n) is 8.28. The molecule has 0 unspecified atom stereocenters. The van der Waals surface area contributed by atoms with Crippen molar-refractivity contribution in [1.82, 2.24) is 4.90 Å². The fourth-order valence-corrected chi connectivity index (χ4v) is 2.41. The highest BCUT2D eigenvalue weighted by molar-refractivity contribution is 5.69. The van der Waals surface area contributed by atoms with Gasteiger partial charge in [-0.3, -0.25) is 9.69 Å². The Bertz CT molecular complexity index is 240. The zero-order valence-electron chi connectivity index (χ0n) is 13.1. The van der Waals surface area contributed by atoms with Gasteiger partial charge >= 0.3 is 5.97 Å². The van der Waals surface area contributed by atoms with Crippen LogP contribution in [0.5, 0.6) is 0 Å². The van der Waals surface area contributed by atoms with Crippen molar-refractivity contribution in [2.45, 2.75) is 58.3 Å². The number of ether oxygens (including phenoxy) is 2. The van der Waals surface area contributed by atoms with Crippen LogP contribution in [0, 0.1) is 0 Å². The molecular weight excluding hydrogens is 254 g/mol. The summed E-state index contributed by atoms with van der Waals surface area (Å²) < 4.78 is 10.5. The van der Waals surface area contributed by atoms with Crippen LogP contribution in [0.4, 0.5) is 0 Å². The third-order valence-electron chi connectivity index (χ3n) is 3.76. The van der Waals surface area contributed by atoms with Gasteiger partial charge in [0.2, 0.25) is 0 Å². The normalized spacial score (nSPS) is 16.2. The molecular formula is C16H31NO3. The summed E-state index contributed by atoms with van der Waals surface area (Å²) in [6, 6.07) is 0. The third-order valence-corrected chi connectivity index (χ3v) is 3.76. The molecule has 0 aliphatic carbocycles. The first-order valence-corrected chi connectivity index (χ1v) is 8.28. The maximum Gasteiger partial charge on any atom is 0.305 e. The van der Waals surface area contributed by atoms with Crippen molar-refractivity contribution in [1.29, 1.82) is 0 Å². The Morgan fingerprint density at radius 1 is 1.05 bits per heavy atom. The van der Waals surface area contributed by atoms with Gasteiger partial charge in [0.05, 0.1) is 13.2 Å². The van der Waals surface area contributed by atoms with Crippen molar-refractivity contribution >= 4 is 5.97 Å². The van der Waals surface area contributed by atoms with Gasteiger partial charge in [-0.1, -0.05) is 45.4 Å². The van der Waals surface area contributed by atoms with E-state index in [0.717, 1.165) is 45.7 Å². The smallest absolute Gasteiger partial charge is 0.305 e. The van der Waals surface area contributed by atoms with Crippen LogP contribution in [0.15, 0.2) is 0 Å². The average Bonchev–Trinajstić information content (AvgIpc) is 2.47. The van der Waals surface area contributed by atoms with E-state index in [0.29, 0.717) is 13.0 Å². The first-order chi connectivity index (χ1) is 9.83. The number of esters is 1. The Balaban J connectivity index is 1.85. The zero-order valence-corrected chi connectivity index (χ0v) is 13.1. The second kappa shape index (κ2) is 12.2. The fraction of sp³-hybridized carbons (Fsp3) is 0.938. The van der Waals surface area contributed by atoms with Crippen molar-refractivity contribution in [2.24, 2.45) is 0 Å². The molecule has 1 fully saturated rings. The van der Waals surface area contributed by atoms with Crippen molar-refractivity contribution in [2.75, 3.05) is 39.5 Å². The van der Waals surface area contributed by atoms with Crippen LogP contribution in [0.25, 0.3) is 0 Å². The predicted octanol–water partition coefficient (Wildman–Crippen LogP) is 3.00. The summed E-state index contributed by atoms with van der Waals surface area (Å²) in [5.41, 5.74) is 0. The molecule has 20 heavy (non-hydrogen) atoms. The van der Waals surface area contributed by atoms with Crippen molar-refractivity contribution in [3.05, 3.63) is 0 Å². The number of morpholine rings is 1. The van der Waals surface area contributed by atoms with Gasteiger partial charge in [0.15, 0.2) is 0 Å². The summed E-state index contributed by atoms with van der Waals surface area (Å²) in [6.07, 6.45) is 9.22. The summed E-state index contributed by atoms with van der Waals surface area (Å²) in [5.74, 6) is -0.0354. The lowest BCUT2D eigenvalue weighted by Gasteiger charge is -2.26. The molecule has 0 N–H and O–H groups in total. The fourth-order valence-electron chi connectivity index (χ4n) is 2.41. The van der Waals surface area contributed by atoms with Gasteiger partial charge in [-0.2, -0.15) is 0 Å². The highest BCUT2D eigenvalue weighted by Gasteiger charge is 2.10. The van der Waals surface area contributed by atoms with Gasteiger partial charge in [-0.05, 0) is 6.42 Å². The summed E-state index contributed by atoms with van der Waals surface area (Å²) >= 11 is 0. The molecule has 0 saturated carbocycles. The van der Waals surface area contributed by atoms with E-state index in [1.54, 1.807) is 0 Å². The highest BCUT2D eigenvalue weighted by Crippen LogP contribution is 2.08. The summed E-state index contributed by atoms with van der Waals surface area (Å²) in [4.78, 5) is 13.8. The Kier molecular flexibility index (Phi) is 10.6. The molecule has 1 aliphatic rings. The number of unbranched alkanes of at least 4 members (excludes halogenated alkanes) is 6. The van der Waals surface area contributed by atoms with Crippen LogP contribution in [-0.2, 0) is 14.3 Å². The molecule has 0 bridgehead atoms. The lowest BCUT2D eigenvalue weighted by molar-refractivity contribution is -0.144. The minimum Gasteiger partial charge on any atom is -0.464 e. The number of carbonyl (C=O) groups excluding carboxylic acids is 1. The lowest BCUT2D eigenvalue weighted by Crippen LogP contribution is -2.38. The number of hydrogen-bond donors (Lipinski definition) is 0. The Labute approximate surface area is 123 Å². The van der Waals surface area contributed by atoms with Crippen LogP contribution >= 0.6 is 0 Å². The molecule has 4 heteroatoms. The number of nitrogens with zero attached hydrogens (tertiary/aromatic N) is 1. The Morgan fingerprint density at radius 3 is 2.40 bits per heavy atom. The molecule has 0 radical (unpaired) electrons. The van der Waals surface area contributed by atoms with Gasteiger partial charge in [-0.25, -0.2) is 0 Å². The van der Waals surface area contributed by atoms with Crippen molar-refractivity contribution < 1.29 is 14.3 Å². The van der Waals surface area contributed by atoms with E-state index in [1.807, 2.05) is 0 Å². The molecule has 1 rings (SSSR count). The number of hydrogen-bond acceptors (Lipinski definition) is 4. The molecule has 4 nitrogen and oxygen atoms in total. The van der Waals surface area contributed by atoms with Crippen molar-refractivity contribution in [3.63, 3.8) is 0 Å². The highest BCUT2D eigenvalue weighted by atomic mass is 16.5. The minimum atomic E-state index is -0.0354. The Hall–Kier alpha value is -0.610. The zero-order chi connectivity index (χ0) is 14.5. The van der Waals surface area contributed by atoms with Crippen LogP contribution in [-0.4, -0.2) is 50.3 Å². The predicted molar refractivity (Wildman–Crippen MR) is 80.8 cm³/mol. The van der Waals surface area contributed by atoms with Crippen LogP contribution in [0.1, 0.15) is 58.3 Å². The van der Waals surface area contributed by atoms with E-state index in [9.17, 15) is 4.79 Å². The molecule has 118 valence electrons. The summed E-state index contributed by atoms with van der Waals surface area (Å²) in [6.45, 7) is 7.09. The molecule has 0 atom stereocenters. The quantitative estimate of drug-likeness (QED) is 0.432. The summed E-state index contributed by atoms with van der Waals surface area (Å²) in [7, 11) is 0. The standard InChI is InChI=1S/C16H31NO3/c1-2-3-4-5-6-7-8-9-16(18)20-15-12-17-10-13-19-14-11-17/h2-15H2,1H3. The average molecular weight is 285 g/mol. The third kappa shape index (κ3) is 9.32. The van der Waals surface area contributed by atoms with Gasteiger partial charge in [0.1, 0.15) is 6.61 Å². The molecule has 0 aromatic heterocycles. The van der Waals surface area contributed by atoms with Crippen LogP contribution in [0.3, 0.4) is 0 Å². The second-order valence-electron chi connectivity index (χ2n) is 5.55. The monoisotopic (exact) mass is 285 g/mol. The van der Waals surface area contributed by atoms with Gasteiger partial charge in [0.25, 0.3) is 0 Å². The van der Waals surface area contributed by atoms with E-state index in [1.165, 1.54) is 32.1 Å². The second-order valence-corrected chi connectivity index (χ2v) is 5.55. The van der Waals surface area contributed by atoms with E-state index < -0.39 is 0 Å². The maximum absolute atomic E-state index is 11.6. The van der Waals surface area contributed by atoms with Crippen LogP contribution < -0.4 is 0 Å². The van der Waals surface area contributed by atoms with Gasteiger partial charge in [0, 0.05) is 26.1 Å². The van der Waals surface area contributed by atoms with Crippen LogP contribution in [0.2, 0.25) is 0 Å². The topological polar surface area (TPSA) is 38.8 Å². The minimum absolute atomic E-state index is 0.0354. The number of rotatable bonds is 11. The molecule has 0 spiro atoms.